The fourth-order valence-electron chi connectivity index (χ4n) is 3.77. The molecule has 2 aliphatic rings. The summed E-state index contributed by atoms with van der Waals surface area (Å²) < 4.78 is 0. The van der Waals surface area contributed by atoms with Gasteiger partial charge in [0.15, 0.2) is 0 Å². The highest BCUT2D eigenvalue weighted by Gasteiger charge is 2.30. The van der Waals surface area contributed by atoms with E-state index in [1.54, 1.807) is 11.3 Å². The molecule has 0 saturated carbocycles. The molecule has 0 bridgehead atoms. The Balaban J connectivity index is 0.00000140. The number of halogens is 2. The highest BCUT2D eigenvalue weighted by Crippen LogP contribution is 2.39. The highest BCUT2D eigenvalue weighted by molar-refractivity contribution is 7.59. The number of hydrogen-bond donors (Lipinski definition) is 2. The first-order chi connectivity index (χ1) is 12.5. The maximum atomic E-state index is 9.87. The molecule has 1 fully saturated rings. The van der Waals surface area contributed by atoms with Crippen LogP contribution >= 0.6 is 49.6 Å². The summed E-state index contributed by atoms with van der Waals surface area (Å²) in [6.45, 7) is 6.82. The largest absolute Gasteiger partial charge is 0.393 e. The van der Waals surface area contributed by atoms with Crippen molar-refractivity contribution >= 4 is 71.9 Å². The lowest BCUT2D eigenvalue weighted by molar-refractivity contribution is 0.0850. The fraction of sp³-hybridized carbons (Fsp3) is 0.450. The van der Waals surface area contributed by atoms with Gasteiger partial charge < -0.3 is 15.3 Å². The molecular weight excluding hydrogens is 447 g/mol. The van der Waals surface area contributed by atoms with Crippen LogP contribution < -0.4 is 5.32 Å². The number of benzene rings is 1. The number of nitrogens with one attached hydrogen (secondary N) is 1. The molecule has 1 aromatic carbocycles. The number of anilines is 2. The minimum atomic E-state index is -0.292. The van der Waals surface area contributed by atoms with E-state index in [-0.39, 0.29) is 44.4 Å². The summed E-state index contributed by atoms with van der Waals surface area (Å²) in [6, 6.07) is 10.8. The first kappa shape index (κ1) is 26.1. The first-order valence-electron chi connectivity index (χ1n) is 9.20. The molecule has 0 aliphatic carbocycles. The van der Waals surface area contributed by atoms with E-state index in [2.05, 4.69) is 47.3 Å². The van der Waals surface area contributed by atoms with Crippen molar-refractivity contribution in [2.75, 3.05) is 32.0 Å². The van der Waals surface area contributed by atoms with Crippen molar-refractivity contribution in [3.05, 3.63) is 40.8 Å². The van der Waals surface area contributed by atoms with Crippen molar-refractivity contribution in [1.82, 2.24) is 9.80 Å². The molecule has 1 aromatic heterocycles. The van der Waals surface area contributed by atoms with Gasteiger partial charge in [-0.05, 0) is 45.5 Å². The molecule has 29 heavy (non-hydrogen) atoms. The van der Waals surface area contributed by atoms with Crippen LogP contribution in [0.4, 0.5) is 16.4 Å². The first-order valence-corrected chi connectivity index (χ1v) is 10.0. The van der Waals surface area contributed by atoms with E-state index in [0.29, 0.717) is 6.04 Å². The van der Waals surface area contributed by atoms with Crippen LogP contribution in [0, 0.1) is 6.92 Å². The minimum Gasteiger partial charge on any atom is -0.393 e. The number of piperazine rings is 1. The molecule has 0 amide bonds. The highest BCUT2D eigenvalue weighted by atomic mass is 35.5. The summed E-state index contributed by atoms with van der Waals surface area (Å²) in [4.78, 5) is 11.1. The van der Waals surface area contributed by atoms with Crippen LogP contribution in [0.5, 0.6) is 0 Å². The monoisotopic (exact) mass is 476 g/mol. The Morgan fingerprint density at radius 2 is 2.00 bits per heavy atom. The smallest absolute Gasteiger partial charge is 0.139 e. The number of aliphatic imine (C=N–C) groups is 1. The molecular formula is C20H30Cl2N4OS2. The molecule has 1 saturated heterocycles. The number of nitrogens with zero attached hydrogens (tertiary/aromatic N) is 3. The molecule has 2 aliphatic heterocycles. The number of hydrogen-bond acceptors (Lipinski definition) is 6. The third-order valence-corrected chi connectivity index (χ3v) is 6.13. The Morgan fingerprint density at radius 1 is 1.28 bits per heavy atom. The van der Waals surface area contributed by atoms with Crippen molar-refractivity contribution in [2.45, 2.75) is 32.4 Å². The molecule has 3 heterocycles. The van der Waals surface area contributed by atoms with E-state index in [9.17, 15) is 5.11 Å². The molecule has 9 heteroatoms. The van der Waals surface area contributed by atoms with E-state index in [1.807, 2.05) is 19.1 Å². The summed E-state index contributed by atoms with van der Waals surface area (Å²) in [5, 5.41) is 14.6. The number of amidine groups is 1. The third-order valence-electron chi connectivity index (χ3n) is 5.16. The molecule has 0 radical (unpaired) electrons. The van der Waals surface area contributed by atoms with Gasteiger partial charge in [0, 0.05) is 30.6 Å². The van der Waals surface area contributed by atoms with Gasteiger partial charge in [0.05, 0.1) is 23.0 Å². The van der Waals surface area contributed by atoms with Crippen molar-refractivity contribution in [2.24, 2.45) is 4.99 Å². The number of aliphatic hydroxyl groups is 1. The Bertz CT molecular complexity index is 844. The predicted octanol–water partition coefficient (Wildman–Crippen LogP) is 4.54. The van der Waals surface area contributed by atoms with Crippen molar-refractivity contribution in [3.8, 4) is 0 Å². The van der Waals surface area contributed by atoms with Crippen LogP contribution in [0.15, 0.2) is 35.3 Å². The van der Waals surface area contributed by atoms with Gasteiger partial charge in [-0.3, -0.25) is 4.90 Å². The zero-order valence-electron chi connectivity index (χ0n) is 16.9. The molecule has 2 aromatic rings. The number of fused-ring (bicyclic) bond motifs is 2. The molecule has 5 nitrogen and oxygen atoms in total. The number of para-hydroxylation sites is 2. The molecule has 0 spiro atoms. The summed E-state index contributed by atoms with van der Waals surface area (Å²) in [7, 11) is 2.15. The molecule has 2 N–H and O–H groups in total. The zero-order chi connectivity index (χ0) is 18.3. The van der Waals surface area contributed by atoms with Crippen LogP contribution in [0.3, 0.4) is 0 Å². The van der Waals surface area contributed by atoms with Crippen LogP contribution in [-0.4, -0.2) is 59.6 Å². The van der Waals surface area contributed by atoms with Gasteiger partial charge in [0.2, 0.25) is 0 Å². The Kier molecular flexibility index (Phi) is 9.79. The lowest BCUT2D eigenvalue weighted by atomic mass is 10.0. The van der Waals surface area contributed by atoms with E-state index >= 15 is 0 Å². The minimum absolute atomic E-state index is 0. The van der Waals surface area contributed by atoms with Crippen molar-refractivity contribution in [3.63, 3.8) is 0 Å². The third kappa shape index (κ3) is 5.60. The topological polar surface area (TPSA) is 51.1 Å². The van der Waals surface area contributed by atoms with Gasteiger partial charge in [-0.25, -0.2) is 4.99 Å². The normalized spacial score (nSPS) is 19.1. The van der Waals surface area contributed by atoms with Crippen LogP contribution in [0.25, 0.3) is 0 Å². The second-order valence-electron chi connectivity index (χ2n) is 7.34. The second-order valence-corrected chi connectivity index (χ2v) is 8.60. The Morgan fingerprint density at radius 3 is 2.72 bits per heavy atom. The molecule has 162 valence electrons. The molecule has 2 atom stereocenters. The summed E-state index contributed by atoms with van der Waals surface area (Å²) >= 11 is 1.78. The van der Waals surface area contributed by atoms with E-state index in [1.165, 1.54) is 10.4 Å². The van der Waals surface area contributed by atoms with Gasteiger partial charge in [-0.15, -0.1) is 36.2 Å². The number of aryl methyl sites for hydroxylation is 1. The van der Waals surface area contributed by atoms with Gasteiger partial charge in [-0.2, -0.15) is 13.5 Å². The lowest BCUT2D eigenvalue weighted by Gasteiger charge is -2.41. The van der Waals surface area contributed by atoms with E-state index < -0.39 is 0 Å². The zero-order valence-corrected chi connectivity index (χ0v) is 20.3. The average molecular weight is 478 g/mol. The second kappa shape index (κ2) is 10.9. The van der Waals surface area contributed by atoms with Gasteiger partial charge >= 0.3 is 0 Å². The number of aliphatic hydroxyl groups excluding tert-OH is 1. The molecule has 4 rings (SSSR count). The van der Waals surface area contributed by atoms with Crippen molar-refractivity contribution < 1.29 is 5.11 Å². The Hall–Kier alpha value is -0.960. The summed E-state index contributed by atoms with van der Waals surface area (Å²) in [5.74, 6) is 1.05. The maximum Gasteiger partial charge on any atom is 0.139 e. The van der Waals surface area contributed by atoms with Crippen LogP contribution in [0.1, 0.15) is 23.8 Å². The standard InChI is InChI=1S/C20H26N4OS.2ClH.H2S/c1-13(25)10-15-12-24(9-8-23(15)3)19-16-11-14(2)26-20(16)22-18-7-5-4-6-17(18)21-19;;;/h4-7,11,13,15,22,25H,8-10,12H2,1-3H3;2*1H;1H2/t13?,15-;;;/m0.../s1. The van der Waals surface area contributed by atoms with Crippen molar-refractivity contribution in [1.29, 1.82) is 0 Å². The van der Waals surface area contributed by atoms with Gasteiger partial charge in [0.25, 0.3) is 0 Å². The van der Waals surface area contributed by atoms with E-state index in [0.717, 1.165) is 48.3 Å². The maximum absolute atomic E-state index is 9.87. The number of thiophene rings is 1. The average Bonchev–Trinajstić information content (AvgIpc) is 2.88. The van der Waals surface area contributed by atoms with E-state index in [4.69, 9.17) is 4.99 Å². The quantitative estimate of drug-likeness (QED) is 0.667. The predicted molar refractivity (Wildman–Crippen MR) is 134 cm³/mol. The fourth-order valence-corrected chi connectivity index (χ4v) is 4.69. The van der Waals surface area contributed by atoms with Crippen LogP contribution in [-0.2, 0) is 0 Å². The van der Waals surface area contributed by atoms with Crippen LogP contribution in [0.2, 0.25) is 0 Å². The SMILES string of the molecule is Cc1cc2c(s1)Nc1ccccc1N=C2N1CCN(C)[C@@H](CC(C)O)C1.Cl.Cl.S. The Labute approximate surface area is 196 Å². The summed E-state index contributed by atoms with van der Waals surface area (Å²) in [6.07, 6.45) is 0.491. The summed E-state index contributed by atoms with van der Waals surface area (Å²) in [5.41, 5.74) is 3.22. The van der Waals surface area contributed by atoms with Gasteiger partial charge in [0.1, 0.15) is 10.8 Å². The molecule has 1 unspecified atom stereocenters. The number of likely N-dealkylation sites (N-methyl/N-ethyl adjacent to an activating group) is 1. The number of rotatable bonds is 2. The lowest BCUT2D eigenvalue weighted by Crippen LogP contribution is -2.54. The van der Waals surface area contributed by atoms with Gasteiger partial charge in [-0.1, -0.05) is 12.1 Å².